The molecule has 3 rings (SSSR count). The minimum Gasteiger partial charge on any atom is -0.464 e. The molecule has 1 aromatic heterocycles. The van der Waals surface area contributed by atoms with Gasteiger partial charge in [-0.05, 0) is 25.0 Å². The van der Waals surface area contributed by atoms with Crippen molar-refractivity contribution in [3.8, 4) is 5.75 Å². The predicted molar refractivity (Wildman–Crippen MR) is 126 cm³/mol. The number of hydrogen-bond donors (Lipinski definition) is 4. The number of para-hydroxylation sites is 1. The van der Waals surface area contributed by atoms with Crippen LogP contribution in [0.1, 0.15) is 27.0 Å². The Balaban J connectivity index is 1.73. The second-order valence-electron chi connectivity index (χ2n) is 8.53. The number of aromatic nitrogens is 3. The molecule has 0 amide bonds. The van der Waals surface area contributed by atoms with Crippen LogP contribution in [0.15, 0.2) is 41.3 Å². The highest BCUT2D eigenvalue weighted by molar-refractivity contribution is 7.52. The lowest BCUT2D eigenvalue weighted by Gasteiger charge is -2.24. The maximum Gasteiger partial charge on any atom is 0.459 e. The molecule has 1 aliphatic heterocycles. The summed E-state index contributed by atoms with van der Waals surface area (Å²) in [6.07, 6.45) is -4.68. The second-order valence-corrected chi connectivity index (χ2v) is 10.2. The fraction of sp³-hybridized carbons (Fsp3) is 0.524. The summed E-state index contributed by atoms with van der Waals surface area (Å²) in [5, 5.41) is 27.1. The minimum absolute atomic E-state index is 0.100. The van der Waals surface area contributed by atoms with Crippen LogP contribution in [0.5, 0.6) is 5.75 Å². The van der Waals surface area contributed by atoms with Crippen molar-refractivity contribution in [2.75, 3.05) is 18.9 Å². The van der Waals surface area contributed by atoms with Gasteiger partial charge in [-0.2, -0.15) is 19.9 Å². The lowest BCUT2D eigenvalue weighted by Crippen LogP contribution is -2.38. The van der Waals surface area contributed by atoms with E-state index in [4.69, 9.17) is 24.3 Å². The van der Waals surface area contributed by atoms with Crippen LogP contribution in [0.3, 0.4) is 0 Å². The van der Waals surface area contributed by atoms with Crippen molar-refractivity contribution in [2.24, 2.45) is 5.92 Å². The Morgan fingerprint density at radius 3 is 2.58 bits per heavy atom. The van der Waals surface area contributed by atoms with Crippen LogP contribution in [0.25, 0.3) is 0 Å². The fourth-order valence-corrected chi connectivity index (χ4v) is 4.65. The second kappa shape index (κ2) is 11.9. The summed E-state index contributed by atoms with van der Waals surface area (Å²) in [5.74, 6) is -0.512. The number of nitrogens with one attached hydrogen (secondary N) is 1. The molecule has 0 spiro atoms. The molecule has 1 aromatic carbocycles. The summed E-state index contributed by atoms with van der Waals surface area (Å²) in [6.45, 7) is 4.80. The normalized spacial score (nSPS) is 24.3. The van der Waals surface area contributed by atoms with E-state index in [1.54, 1.807) is 18.2 Å². The molecule has 1 saturated heterocycles. The van der Waals surface area contributed by atoms with Gasteiger partial charge in [0.1, 0.15) is 35.9 Å². The lowest BCUT2D eigenvalue weighted by molar-refractivity contribution is -0.146. The van der Waals surface area contributed by atoms with Gasteiger partial charge in [0.25, 0.3) is 0 Å². The summed E-state index contributed by atoms with van der Waals surface area (Å²) >= 11 is 0. The highest BCUT2D eigenvalue weighted by Crippen LogP contribution is 2.45. The maximum atomic E-state index is 13.6. The zero-order chi connectivity index (χ0) is 26.5. The number of nitrogens with zero attached hydrogens (tertiary/aromatic N) is 3. The number of esters is 1. The molecule has 1 aliphatic rings. The maximum absolute atomic E-state index is 13.6. The number of aliphatic hydroxyl groups excluding tert-OH is 2. The highest BCUT2D eigenvalue weighted by atomic mass is 31.2. The van der Waals surface area contributed by atoms with Gasteiger partial charge in [-0.1, -0.05) is 32.0 Å². The number of carbonyl (C=O) groups excluding carboxylic acids is 1. The number of nitrogens with two attached hydrogens (primary N) is 1. The van der Waals surface area contributed by atoms with Crippen LogP contribution < -0.4 is 21.0 Å². The Morgan fingerprint density at radius 1 is 1.25 bits per heavy atom. The molecule has 36 heavy (non-hydrogen) atoms. The van der Waals surface area contributed by atoms with E-state index < -0.39 is 56.6 Å². The van der Waals surface area contributed by atoms with E-state index in [1.165, 1.54) is 19.1 Å². The van der Waals surface area contributed by atoms with Crippen LogP contribution in [-0.2, 0) is 23.4 Å². The Kier molecular flexibility index (Phi) is 9.17. The van der Waals surface area contributed by atoms with Crippen molar-refractivity contribution in [3.05, 3.63) is 47.0 Å². The minimum atomic E-state index is -4.24. The Bertz CT molecular complexity index is 1130. The van der Waals surface area contributed by atoms with Gasteiger partial charge in [0.05, 0.1) is 19.4 Å². The van der Waals surface area contributed by atoms with E-state index in [0.717, 1.165) is 10.9 Å². The van der Waals surface area contributed by atoms with Crippen LogP contribution in [0, 0.1) is 5.92 Å². The van der Waals surface area contributed by atoms with Crippen LogP contribution in [0.4, 0.5) is 5.82 Å². The smallest absolute Gasteiger partial charge is 0.459 e. The molecule has 1 unspecified atom stereocenters. The summed E-state index contributed by atoms with van der Waals surface area (Å²) in [5.41, 5.74) is 4.52. The molecule has 5 N–H and O–H groups in total. The van der Waals surface area contributed by atoms with Gasteiger partial charge in [0.2, 0.25) is 0 Å². The summed E-state index contributed by atoms with van der Waals surface area (Å²) in [4.78, 5) is 27.9. The quantitative estimate of drug-likeness (QED) is 0.229. The first-order valence-electron chi connectivity index (χ1n) is 11.2. The van der Waals surface area contributed by atoms with E-state index in [0.29, 0.717) is 0 Å². The molecule has 0 saturated carbocycles. The van der Waals surface area contributed by atoms with Gasteiger partial charge in [0, 0.05) is 0 Å². The SMILES string of the molecule is CC(C)COC(=O)[C@H](C)NP(=O)(OC[C@H]1O[C@@H](n2ncc(N)nc2=O)[C@@H](O)[C@H]1O)Oc1ccccc1. The number of aliphatic hydroxyl groups is 2. The van der Waals surface area contributed by atoms with Crippen molar-refractivity contribution in [2.45, 2.75) is 51.4 Å². The lowest BCUT2D eigenvalue weighted by atomic mass is 10.1. The molecule has 0 radical (unpaired) electrons. The largest absolute Gasteiger partial charge is 0.464 e. The van der Waals surface area contributed by atoms with Gasteiger partial charge >= 0.3 is 19.4 Å². The van der Waals surface area contributed by atoms with E-state index in [9.17, 15) is 24.4 Å². The Hall–Kier alpha value is -2.87. The van der Waals surface area contributed by atoms with Crippen molar-refractivity contribution in [1.82, 2.24) is 19.9 Å². The van der Waals surface area contributed by atoms with Crippen molar-refractivity contribution >= 4 is 19.5 Å². The van der Waals surface area contributed by atoms with E-state index in [-0.39, 0.29) is 24.1 Å². The van der Waals surface area contributed by atoms with Crippen molar-refractivity contribution < 1.29 is 38.1 Å². The van der Waals surface area contributed by atoms with Crippen LogP contribution in [0.2, 0.25) is 0 Å². The number of nitrogen functional groups attached to an aromatic ring is 1. The van der Waals surface area contributed by atoms with Gasteiger partial charge in [-0.15, -0.1) is 0 Å². The first-order valence-corrected chi connectivity index (χ1v) is 12.7. The molecule has 2 heterocycles. The first-order chi connectivity index (χ1) is 17.0. The van der Waals surface area contributed by atoms with E-state index in [1.807, 2.05) is 13.8 Å². The molecule has 14 nitrogen and oxygen atoms in total. The average Bonchev–Trinajstić information content (AvgIpc) is 3.10. The van der Waals surface area contributed by atoms with E-state index in [2.05, 4.69) is 15.2 Å². The number of ether oxygens (including phenoxy) is 2. The summed E-state index contributed by atoms with van der Waals surface area (Å²) < 4.78 is 36.0. The summed E-state index contributed by atoms with van der Waals surface area (Å²) in [7, 11) is -4.24. The Labute approximate surface area is 206 Å². The third-order valence-corrected chi connectivity index (χ3v) is 6.60. The third-order valence-electron chi connectivity index (χ3n) is 4.96. The fourth-order valence-electron chi connectivity index (χ4n) is 3.15. The van der Waals surface area contributed by atoms with Gasteiger partial charge in [0.15, 0.2) is 6.23 Å². The molecule has 6 atom stereocenters. The molecule has 0 aliphatic carbocycles. The molecule has 1 fully saturated rings. The van der Waals surface area contributed by atoms with Gasteiger partial charge in [-0.25, -0.2) is 9.36 Å². The molecule has 198 valence electrons. The topological polar surface area (TPSA) is 197 Å². The van der Waals surface area contributed by atoms with Gasteiger partial charge < -0.3 is 29.9 Å². The summed E-state index contributed by atoms with van der Waals surface area (Å²) in [6, 6.07) is 7.02. The van der Waals surface area contributed by atoms with Crippen LogP contribution >= 0.6 is 7.75 Å². The Morgan fingerprint density at radius 2 is 1.94 bits per heavy atom. The van der Waals surface area contributed by atoms with E-state index >= 15 is 0 Å². The average molecular weight is 527 g/mol. The number of benzene rings is 1. The predicted octanol–water partition coefficient (Wildman–Crippen LogP) is 0.221. The first kappa shape index (κ1) is 27.7. The zero-order valence-electron chi connectivity index (χ0n) is 20.0. The standard InChI is InChI=1S/C21H30N5O9P/c1-12(2)10-32-20(29)13(3)25-36(31,35-14-7-5-4-6-8-14)33-11-15-17(27)18(28)19(34-15)26-21(30)24-16(22)9-23-26/h4-9,12-13,15,17-19,27-28H,10-11H2,1-3H3,(H,25,31)(H2,22,24,30)/t13-,15+,17-,18-,19+,36?/m0/s1. The monoisotopic (exact) mass is 527 g/mol. The van der Waals surface area contributed by atoms with Crippen molar-refractivity contribution in [3.63, 3.8) is 0 Å². The van der Waals surface area contributed by atoms with Crippen LogP contribution in [-0.4, -0.2) is 68.5 Å². The number of rotatable bonds is 11. The zero-order valence-corrected chi connectivity index (χ0v) is 20.9. The molecular weight excluding hydrogens is 497 g/mol. The molecule has 0 bridgehead atoms. The number of anilines is 1. The van der Waals surface area contributed by atoms with Crippen molar-refractivity contribution in [1.29, 1.82) is 0 Å². The highest BCUT2D eigenvalue weighted by Gasteiger charge is 2.46. The number of carbonyl (C=O) groups is 1. The molecular formula is C21H30N5O9P. The molecule has 15 heteroatoms. The van der Waals surface area contributed by atoms with Gasteiger partial charge in [-0.3, -0.25) is 9.32 Å². The molecule has 2 aromatic rings. The number of hydrogen-bond acceptors (Lipinski definition) is 12. The third kappa shape index (κ3) is 7.09.